The van der Waals surface area contributed by atoms with Crippen LogP contribution in [-0.2, 0) is 0 Å². The van der Waals surface area contributed by atoms with Gasteiger partial charge >= 0.3 is 0 Å². The van der Waals surface area contributed by atoms with Gasteiger partial charge in [0.25, 0.3) is 5.56 Å². The van der Waals surface area contributed by atoms with Crippen molar-refractivity contribution in [2.45, 2.75) is 0 Å². The monoisotopic (exact) mass is 226 g/mol. The van der Waals surface area contributed by atoms with Gasteiger partial charge in [-0.15, -0.1) is 0 Å². The number of ether oxygens (including phenoxy) is 1. The second-order valence-corrected chi connectivity index (χ2v) is 3.77. The molecule has 0 amide bonds. The van der Waals surface area contributed by atoms with Crippen molar-refractivity contribution < 1.29 is 4.74 Å². The van der Waals surface area contributed by atoms with Crippen molar-refractivity contribution in [2.75, 3.05) is 7.11 Å². The molecular weight excluding hydrogens is 216 g/mol. The minimum atomic E-state index is -0.131. The SMILES string of the molecule is COc1cc2c(cn1)c(=O)[nH]c1ccccc12. The number of methoxy groups -OCH3 is 1. The lowest BCUT2D eigenvalue weighted by Crippen LogP contribution is -2.06. The molecule has 4 heteroatoms. The van der Waals surface area contributed by atoms with Crippen molar-refractivity contribution in [1.29, 1.82) is 0 Å². The van der Waals surface area contributed by atoms with E-state index in [1.165, 1.54) is 0 Å². The predicted octanol–water partition coefficient (Wildman–Crippen LogP) is 2.08. The van der Waals surface area contributed by atoms with E-state index in [4.69, 9.17) is 4.74 Å². The van der Waals surface area contributed by atoms with Crippen molar-refractivity contribution in [3.05, 3.63) is 46.9 Å². The molecule has 17 heavy (non-hydrogen) atoms. The van der Waals surface area contributed by atoms with Crippen LogP contribution in [0.2, 0.25) is 0 Å². The maximum absolute atomic E-state index is 11.9. The van der Waals surface area contributed by atoms with Crippen LogP contribution in [0.15, 0.2) is 41.3 Å². The van der Waals surface area contributed by atoms with Crippen LogP contribution in [0, 0.1) is 0 Å². The normalized spacial score (nSPS) is 10.9. The molecule has 1 N–H and O–H groups in total. The van der Waals surface area contributed by atoms with Crippen molar-refractivity contribution in [3.63, 3.8) is 0 Å². The lowest BCUT2D eigenvalue weighted by atomic mass is 10.1. The number of hydrogen-bond donors (Lipinski definition) is 1. The maximum atomic E-state index is 11.9. The molecule has 0 fully saturated rings. The Labute approximate surface area is 96.9 Å². The second-order valence-electron chi connectivity index (χ2n) is 3.77. The summed E-state index contributed by atoms with van der Waals surface area (Å²) in [5.41, 5.74) is 0.687. The second kappa shape index (κ2) is 3.59. The minimum absolute atomic E-state index is 0.131. The van der Waals surface area contributed by atoms with Crippen LogP contribution in [0.3, 0.4) is 0 Å². The number of rotatable bonds is 1. The van der Waals surface area contributed by atoms with Crippen molar-refractivity contribution in [3.8, 4) is 5.88 Å². The van der Waals surface area contributed by atoms with Crippen LogP contribution in [-0.4, -0.2) is 17.1 Å². The Morgan fingerprint density at radius 2 is 2.00 bits per heavy atom. The van der Waals surface area contributed by atoms with Crippen LogP contribution >= 0.6 is 0 Å². The Morgan fingerprint density at radius 1 is 1.18 bits per heavy atom. The number of nitrogens with one attached hydrogen (secondary N) is 1. The number of aromatic nitrogens is 2. The first kappa shape index (κ1) is 9.84. The average Bonchev–Trinajstić information content (AvgIpc) is 2.38. The van der Waals surface area contributed by atoms with E-state index in [2.05, 4.69) is 9.97 Å². The van der Waals surface area contributed by atoms with Crippen molar-refractivity contribution >= 4 is 21.7 Å². The molecular formula is C13H10N2O2. The third kappa shape index (κ3) is 1.45. The molecule has 3 rings (SSSR count). The highest BCUT2D eigenvalue weighted by atomic mass is 16.5. The molecule has 0 aliphatic rings. The van der Waals surface area contributed by atoms with Crippen LogP contribution < -0.4 is 10.3 Å². The number of aromatic amines is 1. The number of benzene rings is 1. The third-order valence-corrected chi connectivity index (χ3v) is 2.80. The molecule has 84 valence electrons. The Morgan fingerprint density at radius 3 is 2.82 bits per heavy atom. The molecule has 0 saturated carbocycles. The molecule has 2 aromatic heterocycles. The molecule has 0 spiro atoms. The van der Waals surface area contributed by atoms with E-state index in [0.29, 0.717) is 11.3 Å². The number of fused-ring (bicyclic) bond motifs is 3. The fourth-order valence-corrected chi connectivity index (χ4v) is 1.97. The fraction of sp³-hybridized carbons (Fsp3) is 0.0769. The quantitative estimate of drug-likeness (QED) is 0.646. The van der Waals surface area contributed by atoms with Gasteiger partial charge < -0.3 is 9.72 Å². The molecule has 3 aromatic rings. The summed E-state index contributed by atoms with van der Waals surface area (Å²) in [7, 11) is 1.56. The number of hydrogen-bond acceptors (Lipinski definition) is 3. The van der Waals surface area contributed by atoms with Crippen molar-refractivity contribution in [1.82, 2.24) is 9.97 Å². The van der Waals surface area contributed by atoms with Crippen LogP contribution in [0.4, 0.5) is 0 Å². The highest BCUT2D eigenvalue weighted by Crippen LogP contribution is 2.22. The van der Waals surface area contributed by atoms with Gasteiger partial charge in [-0.2, -0.15) is 0 Å². The first-order valence-electron chi connectivity index (χ1n) is 5.24. The van der Waals surface area contributed by atoms with Crippen LogP contribution in [0.5, 0.6) is 5.88 Å². The molecule has 0 aliphatic heterocycles. The standard InChI is InChI=1S/C13H10N2O2/c1-17-12-6-9-8-4-2-3-5-11(8)15-13(16)10(9)7-14-12/h2-7H,1H3,(H,15,16). The summed E-state index contributed by atoms with van der Waals surface area (Å²) in [6, 6.07) is 9.46. The largest absolute Gasteiger partial charge is 0.481 e. The van der Waals surface area contributed by atoms with E-state index in [1.54, 1.807) is 19.4 Å². The Kier molecular flexibility index (Phi) is 2.08. The number of para-hydroxylation sites is 1. The van der Waals surface area contributed by atoms with Gasteiger partial charge in [0.1, 0.15) is 0 Å². The highest BCUT2D eigenvalue weighted by molar-refractivity contribution is 6.05. The number of nitrogens with zero attached hydrogens (tertiary/aromatic N) is 1. The molecule has 0 saturated heterocycles. The Hall–Kier alpha value is -2.36. The number of pyridine rings is 2. The van der Waals surface area contributed by atoms with Crippen LogP contribution in [0.25, 0.3) is 21.7 Å². The van der Waals surface area contributed by atoms with E-state index in [1.807, 2.05) is 24.3 Å². The highest BCUT2D eigenvalue weighted by Gasteiger charge is 2.06. The predicted molar refractivity (Wildman–Crippen MR) is 66.4 cm³/mol. The van der Waals surface area contributed by atoms with E-state index < -0.39 is 0 Å². The summed E-state index contributed by atoms with van der Waals surface area (Å²) in [5, 5.41) is 2.42. The summed E-state index contributed by atoms with van der Waals surface area (Å²) < 4.78 is 5.09. The smallest absolute Gasteiger partial charge is 0.257 e. The van der Waals surface area contributed by atoms with Crippen LogP contribution in [0.1, 0.15) is 0 Å². The molecule has 0 bridgehead atoms. The lowest BCUT2D eigenvalue weighted by molar-refractivity contribution is 0.399. The summed E-state index contributed by atoms with van der Waals surface area (Å²) in [4.78, 5) is 18.7. The van der Waals surface area contributed by atoms with Crippen molar-refractivity contribution in [2.24, 2.45) is 0 Å². The molecule has 2 heterocycles. The molecule has 0 unspecified atom stereocenters. The Balaban J connectivity index is 2.57. The number of H-pyrrole nitrogens is 1. The zero-order valence-electron chi connectivity index (χ0n) is 9.23. The van der Waals surface area contributed by atoms with E-state index in [-0.39, 0.29) is 5.56 Å². The van der Waals surface area contributed by atoms with Gasteiger partial charge in [-0.05, 0) is 6.07 Å². The maximum Gasteiger partial charge on any atom is 0.257 e. The van der Waals surface area contributed by atoms with Gasteiger partial charge in [-0.25, -0.2) is 4.98 Å². The third-order valence-electron chi connectivity index (χ3n) is 2.80. The van der Waals surface area contributed by atoms with E-state index in [0.717, 1.165) is 16.3 Å². The molecule has 0 aliphatic carbocycles. The fourth-order valence-electron chi connectivity index (χ4n) is 1.97. The van der Waals surface area contributed by atoms with Gasteiger partial charge in [0.2, 0.25) is 5.88 Å². The van der Waals surface area contributed by atoms with E-state index in [9.17, 15) is 4.79 Å². The van der Waals surface area contributed by atoms with Gasteiger partial charge in [-0.1, -0.05) is 18.2 Å². The summed E-state index contributed by atoms with van der Waals surface area (Å²) >= 11 is 0. The van der Waals surface area contributed by atoms with Gasteiger partial charge in [0.15, 0.2) is 0 Å². The first-order valence-corrected chi connectivity index (χ1v) is 5.24. The minimum Gasteiger partial charge on any atom is -0.481 e. The summed E-state index contributed by atoms with van der Waals surface area (Å²) in [6.07, 6.45) is 1.54. The zero-order valence-corrected chi connectivity index (χ0v) is 9.23. The average molecular weight is 226 g/mol. The molecule has 0 radical (unpaired) electrons. The molecule has 1 aromatic carbocycles. The zero-order chi connectivity index (χ0) is 11.8. The van der Waals surface area contributed by atoms with Gasteiger partial charge in [-0.3, -0.25) is 4.79 Å². The molecule has 0 atom stereocenters. The first-order chi connectivity index (χ1) is 8.29. The summed E-state index contributed by atoms with van der Waals surface area (Å²) in [6.45, 7) is 0. The summed E-state index contributed by atoms with van der Waals surface area (Å²) in [5.74, 6) is 0.508. The Bertz CT molecular complexity index is 762. The molecule has 4 nitrogen and oxygen atoms in total. The van der Waals surface area contributed by atoms with E-state index >= 15 is 0 Å². The van der Waals surface area contributed by atoms with Gasteiger partial charge in [0.05, 0.1) is 12.5 Å². The van der Waals surface area contributed by atoms with Gasteiger partial charge in [0, 0.05) is 28.6 Å². The lowest BCUT2D eigenvalue weighted by Gasteiger charge is -2.04. The topological polar surface area (TPSA) is 55.0 Å².